The third-order valence-electron chi connectivity index (χ3n) is 4.06. The Bertz CT molecular complexity index is 1130. The van der Waals surface area contributed by atoms with Gasteiger partial charge in [-0.2, -0.15) is 0 Å². The number of amides is 3. The number of rotatable bonds is 6. The Labute approximate surface area is 181 Å². The molecular weight excluding hydrogens is 416 g/mol. The smallest absolute Gasteiger partial charge is 0.323 e. The summed E-state index contributed by atoms with van der Waals surface area (Å²) in [6.07, 6.45) is 0. The number of nitrogens with zero attached hydrogens (tertiary/aromatic N) is 1. The molecule has 8 heteroatoms. The molecule has 0 atom stereocenters. The molecular formula is C22H18N4O2S2. The van der Waals surface area contributed by atoms with Crippen LogP contribution in [0.4, 0.5) is 21.9 Å². The Kier molecular flexibility index (Phi) is 6.26. The van der Waals surface area contributed by atoms with Gasteiger partial charge in [-0.1, -0.05) is 42.1 Å². The van der Waals surface area contributed by atoms with Crippen LogP contribution in [0.3, 0.4) is 0 Å². The van der Waals surface area contributed by atoms with E-state index in [4.69, 9.17) is 0 Å². The first-order valence-corrected chi connectivity index (χ1v) is 11.0. The summed E-state index contributed by atoms with van der Waals surface area (Å²) in [4.78, 5) is 28.8. The number of thiazole rings is 1. The Hall–Kier alpha value is -3.36. The average Bonchev–Trinajstić information content (AvgIpc) is 3.17. The summed E-state index contributed by atoms with van der Waals surface area (Å²) in [6.45, 7) is 0. The van der Waals surface area contributed by atoms with E-state index in [1.165, 1.54) is 11.8 Å². The molecule has 1 heterocycles. The van der Waals surface area contributed by atoms with Crippen LogP contribution in [0.15, 0.2) is 83.2 Å². The van der Waals surface area contributed by atoms with Crippen LogP contribution in [0.2, 0.25) is 0 Å². The molecule has 0 fully saturated rings. The van der Waals surface area contributed by atoms with E-state index in [-0.39, 0.29) is 17.7 Å². The Balaban J connectivity index is 1.26. The molecule has 4 rings (SSSR count). The van der Waals surface area contributed by atoms with Gasteiger partial charge in [-0.15, -0.1) is 11.3 Å². The van der Waals surface area contributed by atoms with Crippen LogP contribution < -0.4 is 16.0 Å². The highest BCUT2D eigenvalue weighted by atomic mass is 32.2. The lowest BCUT2D eigenvalue weighted by atomic mass is 10.3. The maximum atomic E-state index is 12.2. The van der Waals surface area contributed by atoms with Crippen molar-refractivity contribution in [2.24, 2.45) is 0 Å². The van der Waals surface area contributed by atoms with Gasteiger partial charge in [-0.25, -0.2) is 9.78 Å². The first kappa shape index (κ1) is 19.9. The molecule has 1 aromatic heterocycles. The third-order valence-corrected chi connectivity index (χ3v) is 6.24. The summed E-state index contributed by atoms with van der Waals surface area (Å²) in [5.74, 6) is 0.168. The van der Waals surface area contributed by atoms with E-state index in [1.807, 2.05) is 54.6 Å². The highest BCUT2D eigenvalue weighted by Gasteiger charge is 2.08. The Morgan fingerprint density at radius 3 is 2.07 bits per heavy atom. The van der Waals surface area contributed by atoms with Crippen molar-refractivity contribution in [2.45, 2.75) is 4.34 Å². The second-order valence-electron chi connectivity index (χ2n) is 6.31. The topological polar surface area (TPSA) is 83.1 Å². The van der Waals surface area contributed by atoms with Crippen LogP contribution in [0.5, 0.6) is 0 Å². The highest BCUT2D eigenvalue weighted by molar-refractivity contribution is 8.01. The molecule has 0 bridgehead atoms. The van der Waals surface area contributed by atoms with Crippen molar-refractivity contribution < 1.29 is 9.59 Å². The molecule has 3 aromatic carbocycles. The normalized spacial score (nSPS) is 10.5. The first-order chi connectivity index (χ1) is 14.7. The number of fused-ring (bicyclic) bond motifs is 1. The molecule has 0 unspecified atom stereocenters. The fourth-order valence-electron chi connectivity index (χ4n) is 2.69. The van der Waals surface area contributed by atoms with Gasteiger partial charge in [0.05, 0.1) is 16.0 Å². The van der Waals surface area contributed by atoms with E-state index >= 15 is 0 Å². The monoisotopic (exact) mass is 434 g/mol. The predicted molar refractivity (Wildman–Crippen MR) is 124 cm³/mol. The minimum absolute atomic E-state index is 0.109. The number of anilines is 3. The molecule has 150 valence electrons. The number of para-hydroxylation sites is 2. The molecule has 0 spiro atoms. The summed E-state index contributed by atoms with van der Waals surface area (Å²) in [7, 11) is 0. The second-order valence-corrected chi connectivity index (χ2v) is 8.56. The van der Waals surface area contributed by atoms with E-state index in [0.29, 0.717) is 17.1 Å². The molecule has 3 N–H and O–H groups in total. The standard InChI is InChI=1S/C22H18N4O2S2/c27-20(14-29-22-26-18-8-4-5-9-19(18)30-22)23-16-10-12-17(13-11-16)25-21(28)24-15-6-2-1-3-7-15/h1-13H,14H2,(H,23,27)(H2,24,25,28). The number of hydrogen-bond donors (Lipinski definition) is 3. The zero-order valence-corrected chi connectivity index (χ0v) is 17.4. The van der Waals surface area contributed by atoms with Gasteiger partial charge in [0, 0.05) is 17.1 Å². The lowest BCUT2D eigenvalue weighted by Gasteiger charge is -2.09. The lowest BCUT2D eigenvalue weighted by molar-refractivity contribution is -0.113. The Morgan fingerprint density at radius 1 is 0.767 bits per heavy atom. The van der Waals surface area contributed by atoms with Crippen molar-refractivity contribution in [2.75, 3.05) is 21.7 Å². The van der Waals surface area contributed by atoms with Crippen molar-refractivity contribution >= 4 is 62.3 Å². The van der Waals surface area contributed by atoms with Crippen LogP contribution in [0, 0.1) is 0 Å². The first-order valence-electron chi connectivity index (χ1n) is 9.17. The van der Waals surface area contributed by atoms with Gasteiger partial charge >= 0.3 is 6.03 Å². The highest BCUT2D eigenvalue weighted by Crippen LogP contribution is 2.29. The fraction of sp³-hybridized carbons (Fsp3) is 0.0455. The molecule has 0 aliphatic heterocycles. The van der Waals surface area contributed by atoms with Crippen LogP contribution in [0.1, 0.15) is 0 Å². The Morgan fingerprint density at radius 2 is 1.37 bits per heavy atom. The molecule has 4 aromatic rings. The van der Waals surface area contributed by atoms with Crippen LogP contribution in [-0.4, -0.2) is 22.7 Å². The average molecular weight is 435 g/mol. The van der Waals surface area contributed by atoms with Gasteiger partial charge in [0.25, 0.3) is 0 Å². The van der Waals surface area contributed by atoms with E-state index in [9.17, 15) is 9.59 Å². The molecule has 3 amide bonds. The maximum absolute atomic E-state index is 12.2. The molecule has 0 saturated carbocycles. The minimum atomic E-state index is -0.328. The SMILES string of the molecule is O=C(CSc1nc2ccccc2s1)Nc1ccc(NC(=O)Nc2ccccc2)cc1. The maximum Gasteiger partial charge on any atom is 0.323 e. The number of nitrogens with one attached hydrogen (secondary N) is 3. The zero-order chi connectivity index (χ0) is 20.8. The zero-order valence-electron chi connectivity index (χ0n) is 15.8. The second kappa shape index (κ2) is 9.43. The van der Waals surface area contributed by atoms with E-state index < -0.39 is 0 Å². The number of thioether (sulfide) groups is 1. The van der Waals surface area contributed by atoms with Crippen LogP contribution in [0.25, 0.3) is 10.2 Å². The summed E-state index contributed by atoms with van der Waals surface area (Å²) in [6, 6.07) is 23.8. The summed E-state index contributed by atoms with van der Waals surface area (Å²) in [5, 5.41) is 8.36. The van der Waals surface area contributed by atoms with Gasteiger partial charge in [-0.05, 0) is 48.5 Å². The van der Waals surface area contributed by atoms with E-state index in [0.717, 1.165) is 14.6 Å². The van der Waals surface area contributed by atoms with Crippen molar-refractivity contribution in [1.82, 2.24) is 4.98 Å². The van der Waals surface area contributed by atoms with E-state index in [1.54, 1.807) is 35.6 Å². The summed E-state index contributed by atoms with van der Waals surface area (Å²) in [5.41, 5.74) is 2.96. The largest absolute Gasteiger partial charge is 0.325 e. The predicted octanol–water partition coefficient (Wildman–Crippen LogP) is 5.67. The minimum Gasteiger partial charge on any atom is -0.325 e. The molecule has 0 aliphatic carbocycles. The van der Waals surface area contributed by atoms with Crippen LogP contribution in [-0.2, 0) is 4.79 Å². The molecule has 30 heavy (non-hydrogen) atoms. The molecule has 6 nitrogen and oxygen atoms in total. The molecule has 0 saturated heterocycles. The van der Waals surface area contributed by atoms with Crippen molar-refractivity contribution in [3.63, 3.8) is 0 Å². The lowest BCUT2D eigenvalue weighted by Crippen LogP contribution is -2.19. The number of urea groups is 1. The van der Waals surface area contributed by atoms with Crippen molar-refractivity contribution in [3.8, 4) is 0 Å². The van der Waals surface area contributed by atoms with Crippen molar-refractivity contribution in [3.05, 3.63) is 78.9 Å². The number of aromatic nitrogens is 1. The molecule has 0 radical (unpaired) electrons. The van der Waals surface area contributed by atoms with Gasteiger partial charge in [0.15, 0.2) is 4.34 Å². The summed E-state index contributed by atoms with van der Waals surface area (Å²) < 4.78 is 1.98. The quantitative estimate of drug-likeness (QED) is 0.341. The summed E-state index contributed by atoms with van der Waals surface area (Å²) >= 11 is 3.00. The number of benzene rings is 3. The van der Waals surface area contributed by atoms with Gasteiger partial charge < -0.3 is 16.0 Å². The molecule has 0 aliphatic rings. The van der Waals surface area contributed by atoms with E-state index in [2.05, 4.69) is 20.9 Å². The van der Waals surface area contributed by atoms with Gasteiger partial charge in [0.2, 0.25) is 5.91 Å². The van der Waals surface area contributed by atoms with Gasteiger partial charge in [-0.3, -0.25) is 4.79 Å². The number of carbonyl (C=O) groups excluding carboxylic acids is 2. The third kappa shape index (κ3) is 5.37. The fourth-order valence-corrected chi connectivity index (χ4v) is 4.56. The van der Waals surface area contributed by atoms with Crippen LogP contribution >= 0.6 is 23.1 Å². The number of hydrogen-bond acceptors (Lipinski definition) is 5. The van der Waals surface area contributed by atoms with Gasteiger partial charge in [0.1, 0.15) is 0 Å². The number of carbonyl (C=O) groups is 2. The van der Waals surface area contributed by atoms with Crippen molar-refractivity contribution in [1.29, 1.82) is 0 Å².